The number of alkyl halides is 3. The fraction of sp³-hybridized carbons (Fsp3) is 0.500. The van der Waals surface area contributed by atoms with E-state index in [9.17, 15) is 18.0 Å². The molecule has 0 aliphatic heterocycles. The second kappa shape index (κ2) is 9.17. The van der Waals surface area contributed by atoms with Crippen LogP contribution in [-0.4, -0.2) is 41.9 Å². The van der Waals surface area contributed by atoms with E-state index in [0.29, 0.717) is 28.9 Å². The molecule has 0 spiro atoms. The maximum absolute atomic E-state index is 13.5. The van der Waals surface area contributed by atoms with E-state index in [4.69, 9.17) is 9.47 Å². The van der Waals surface area contributed by atoms with E-state index in [1.165, 1.54) is 20.6 Å². The molecular formula is C22H24F3N3O3S. The minimum Gasteiger partial charge on any atom is -0.493 e. The van der Waals surface area contributed by atoms with Gasteiger partial charge in [0.1, 0.15) is 5.69 Å². The molecule has 6 nitrogen and oxygen atoms in total. The lowest BCUT2D eigenvalue weighted by molar-refractivity contribution is -0.141. The third-order valence-corrected chi connectivity index (χ3v) is 6.94. The van der Waals surface area contributed by atoms with Gasteiger partial charge in [-0.05, 0) is 55.4 Å². The predicted octanol–water partition coefficient (Wildman–Crippen LogP) is 4.58. The molecule has 2 aliphatic carbocycles. The van der Waals surface area contributed by atoms with E-state index in [0.717, 1.165) is 37.1 Å². The van der Waals surface area contributed by atoms with Crippen LogP contribution >= 0.6 is 11.8 Å². The number of nitrogens with zero attached hydrogens (tertiary/aromatic N) is 2. The van der Waals surface area contributed by atoms with Gasteiger partial charge in [-0.3, -0.25) is 4.79 Å². The topological polar surface area (TPSA) is 73.3 Å². The van der Waals surface area contributed by atoms with Crippen molar-refractivity contribution in [3.8, 4) is 22.8 Å². The second-order valence-electron chi connectivity index (χ2n) is 8.13. The Bertz CT molecular complexity index is 1000. The number of halogens is 3. The van der Waals surface area contributed by atoms with Gasteiger partial charge in [-0.1, -0.05) is 18.2 Å². The first kappa shape index (κ1) is 22.7. The van der Waals surface area contributed by atoms with Crippen molar-refractivity contribution in [2.24, 2.45) is 11.8 Å². The van der Waals surface area contributed by atoms with Gasteiger partial charge < -0.3 is 14.8 Å². The summed E-state index contributed by atoms with van der Waals surface area (Å²) in [4.78, 5) is 20.3. The van der Waals surface area contributed by atoms with Crippen molar-refractivity contribution >= 4 is 17.7 Å². The van der Waals surface area contributed by atoms with Gasteiger partial charge in [0.2, 0.25) is 5.91 Å². The number of methoxy groups -OCH3 is 2. The monoisotopic (exact) mass is 467 g/mol. The van der Waals surface area contributed by atoms with Gasteiger partial charge in [0, 0.05) is 11.6 Å². The van der Waals surface area contributed by atoms with Crippen LogP contribution in [0, 0.1) is 11.8 Å². The van der Waals surface area contributed by atoms with Crippen LogP contribution in [0.1, 0.15) is 31.4 Å². The van der Waals surface area contributed by atoms with E-state index in [2.05, 4.69) is 15.3 Å². The second-order valence-corrected chi connectivity index (χ2v) is 9.07. The Morgan fingerprint density at radius 1 is 1.12 bits per heavy atom. The summed E-state index contributed by atoms with van der Waals surface area (Å²) in [6.07, 6.45) is -0.139. The van der Waals surface area contributed by atoms with Gasteiger partial charge >= 0.3 is 6.18 Å². The largest absolute Gasteiger partial charge is 0.493 e. The van der Waals surface area contributed by atoms with E-state index < -0.39 is 11.9 Å². The number of hydrogen-bond donors (Lipinski definition) is 1. The molecule has 1 N–H and O–H groups in total. The normalized spacial score (nSPS) is 22.1. The van der Waals surface area contributed by atoms with E-state index in [1.54, 1.807) is 18.2 Å². The molecule has 3 atom stereocenters. The molecule has 32 heavy (non-hydrogen) atoms. The summed E-state index contributed by atoms with van der Waals surface area (Å²) in [5.41, 5.74) is -0.554. The molecule has 2 fully saturated rings. The van der Waals surface area contributed by atoms with E-state index >= 15 is 0 Å². The van der Waals surface area contributed by atoms with Crippen LogP contribution in [0.3, 0.4) is 0 Å². The molecule has 1 aromatic heterocycles. The minimum absolute atomic E-state index is 0.0411. The van der Waals surface area contributed by atoms with Crippen LogP contribution in [-0.2, 0) is 11.0 Å². The molecule has 2 bridgehead atoms. The van der Waals surface area contributed by atoms with Crippen molar-refractivity contribution in [3.05, 3.63) is 30.0 Å². The minimum atomic E-state index is -4.64. The van der Waals surface area contributed by atoms with Crippen molar-refractivity contribution in [2.75, 3.05) is 20.0 Å². The van der Waals surface area contributed by atoms with E-state index in [1.807, 2.05) is 0 Å². The number of rotatable bonds is 7. The number of carbonyl (C=O) groups is 1. The molecule has 172 valence electrons. The van der Waals surface area contributed by atoms with Gasteiger partial charge in [0.05, 0.1) is 25.7 Å². The van der Waals surface area contributed by atoms with Crippen molar-refractivity contribution in [3.63, 3.8) is 0 Å². The highest BCUT2D eigenvalue weighted by Gasteiger charge is 2.40. The standard InChI is InChI=1S/C22H24F3N3O3S/c1-30-17-6-5-14(9-18(17)31-2)16-10-19(22(23,24)25)28-21(27-16)32-11-20(29)26-15-8-12-3-4-13(15)7-12/h5-6,9-10,12-13,15H,3-4,7-8,11H2,1-2H3,(H,26,29)/t12-,13-,15-/m0/s1. The molecule has 1 aromatic carbocycles. The molecular weight excluding hydrogens is 443 g/mol. The maximum atomic E-state index is 13.5. The third kappa shape index (κ3) is 4.95. The smallest absolute Gasteiger partial charge is 0.433 e. The molecule has 10 heteroatoms. The van der Waals surface area contributed by atoms with Gasteiger partial charge in [-0.2, -0.15) is 13.2 Å². The number of carbonyl (C=O) groups excluding carboxylic acids is 1. The SMILES string of the molecule is COc1ccc(-c2cc(C(F)(F)F)nc(SCC(=O)N[C@H]3C[C@H]4CC[C@H]3C4)n2)cc1OC. The van der Waals surface area contributed by atoms with Crippen molar-refractivity contribution in [1.82, 2.24) is 15.3 Å². The fourth-order valence-electron chi connectivity index (χ4n) is 4.58. The van der Waals surface area contributed by atoms with Gasteiger partial charge in [-0.15, -0.1) is 0 Å². The first-order chi connectivity index (χ1) is 15.3. The summed E-state index contributed by atoms with van der Waals surface area (Å²) in [6, 6.07) is 5.81. The van der Waals surface area contributed by atoms with Gasteiger partial charge in [0.15, 0.2) is 16.7 Å². The summed E-state index contributed by atoms with van der Waals surface area (Å²) in [5.74, 6) is 1.79. The van der Waals surface area contributed by atoms with Crippen LogP contribution in [0.25, 0.3) is 11.3 Å². The maximum Gasteiger partial charge on any atom is 0.433 e. The van der Waals surface area contributed by atoms with Crippen molar-refractivity contribution < 1.29 is 27.4 Å². The molecule has 0 radical (unpaired) electrons. The zero-order valence-corrected chi connectivity index (χ0v) is 18.6. The Morgan fingerprint density at radius 3 is 2.53 bits per heavy atom. The highest BCUT2D eigenvalue weighted by Crippen LogP contribution is 2.44. The highest BCUT2D eigenvalue weighted by atomic mass is 32.2. The highest BCUT2D eigenvalue weighted by molar-refractivity contribution is 7.99. The van der Waals surface area contributed by atoms with Crippen LogP contribution in [0.15, 0.2) is 29.4 Å². The summed E-state index contributed by atoms with van der Waals surface area (Å²) in [7, 11) is 2.92. The Morgan fingerprint density at radius 2 is 1.91 bits per heavy atom. The van der Waals surface area contributed by atoms with Gasteiger partial charge in [-0.25, -0.2) is 9.97 Å². The van der Waals surface area contributed by atoms with Gasteiger partial charge in [0.25, 0.3) is 0 Å². The number of thioether (sulfide) groups is 1. The summed E-state index contributed by atoms with van der Waals surface area (Å²) in [5, 5.41) is 2.93. The first-order valence-electron chi connectivity index (χ1n) is 10.4. The molecule has 0 saturated heterocycles. The number of ether oxygens (including phenoxy) is 2. The zero-order chi connectivity index (χ0) is 22.9. The van der Waals surface area contributed by atoms with Crippen LogP contribution in [0.5, 0.6) is 11.5 Å². The lowest BCUT2D eigenvalue weighted by Crippen LogP contribution is -2.39. The first-order valence-corrected chi connectivity index (χ1v) is 11.4. The Hall–Kier alpha value is -2.49. The molecule has 2 aliphatic rings. The Balaban J connectivity index is 1.52. The third-order valence-electron chi connectivity index (χ3n) is 6.09. The average Bonchev–Trinajstić information content (AvgIpc) is 3.39. The number of amides is 1. The number of benzene rings is 1. The van der Waals surface area contributed by atoms with E-state index in [-0.39, 0.29) is 28.6 Å². The molecule has 1 amide bonds. The van der Waals surface area contributed by atoms with Crippen LogP contribution in [0.4, 0.5) is 13.2 Å². The molecule has 4 rings (SSSR count). The van der Waals surface area contributed by atoms with Crippen molar-refractivity contribution in [1.29, 1.82) is 0 Å². The molecule has 0 unspecified atom stereocenters. The predicted molar refractivity (Wildman–Crippen MR) is 114 cm³/mol. The number of fused-ring (bicyclic) bond motifs is 2. The summed E-state index contributed by atoms with van der Waals surface area (Å²) >= 11 is 0.898. The zero-order valence-electron chi connectivity index (χ0n) is 17.7. The lowest BCUT2D eigenvalue weighted by atomic mass is 9.95. The number of aromatic nitrogens is 2. The van der Waals surface area contributed by atoms with Crippen LogP contribution in [0.2, 0.25) is 0 Å². The fourth-order valence-corrected chi connectivity index (χ4v) is 5.25. The molecule has 1 heterocycles. The van der Waals surface area contributed by atoms with Crippen molar-refractivity contribution in [2.45, 2.75) is 43.1 Å². The Labute approximate surface area is 188 Å². The quantitative estimate of drug-likeness (QED) is 0.475. The molecule has 2 saturated carbocycles. The lowest BCUT2D eigenvalue weighted by Gasteiger charge is -2.22. The van der Waals surface area contributed by atoms with Crippen LogP contribution < -0.4 is 14.8 Å². The number of hydrogen-bond acceptors (Lipinski definition) is 6. The Kier molecular flexibility index (Phi) is 6.50. The summed E-state index contributed by atoms with van der Waals surface area (Å²) in [6.45, 7) is 0. The summed E-state index contributed by atoms with van der Waals surface area (Å²) < 4.78 is 50.8. The molecule has 2 aromatic rings. The average molecular weight is 468 g/mol. The number of nitrogens with one attached hydrogen (secondary N) is 1.